The van der Waals surface area contributed by atoms with Crippen LogP contribution in [0.4, 0.5) is 0 Å². The van der Waals surface area contributed by atoms with Gasteiger partial charge in [0.15, 0.2) is 0 Å². The van der Waals surface area contributed by atoms with E-state index in [1.165, 1.54) is 11.1 Å². The molecule has 172 valence electrons. The van der Waals surface area contributed by atoms with Crippen LogP contribution in [0.25, 0.3) is 0 Å². The van der Waals surface area contributed by atoms with Crippen LogP contribution in [0.2, 0.25) is 5.02 Å². The smallest absolute Gasteiger partial charge is 0.251 e. The zero-order valence-electron chi connectivity index (χ0n) is 18.7. The van der Waals surface area contributed by atoms with Gasteiger partial charge in [-0.1, -0.05) is 49.7 Å². The van der Waals surface area contributed by atoms with Crippen molar-refractivity contribution >= 4 is 27.5 Å². The van der Waals surface area contributed by atoms with Gasteiger partial charge in [-0.15, -0.1) is 0 Å². The van der Waals surface area contributed by atoms with Gasteiger partial charge in [0.1, 0.15) is 0 Å². The van der Waals surface area contributed by atoms with Gasteiger partial charge in [-0.25, -0.2) is 12.7 Å². The van der Waals surface area contributed by atoms with Crippen LogP contribution in [0.1, 0.15) is 60.2 Å². The number of nitrogens with zero attached hydrogens (tertiary/aromatic N) is 1. The van der Waals surface area contributed by atoms with Crippen molar-refractivity contribution in [3.8, 4) is 0 Å². The molecule has 1 spiro atoms. The number of nitrogens with one attached hydrogen (secondary N) is 1. The highest BCUT2D eigenvalue weighted by atomic mass is 35.5. The molecule has 7 heteroatoms. The summed E-state index contributed by atoms with van der Waals surface area (Å²) < 4.78 is 26.9. The first-order valence-electron chi connectivity index (χ1n) is 11.5. The predicted molar refractivity (Wildman–Crippen MR) is 129 cm³/mol. The molecule has 1 unspecified atom stereocenters. The molecule has 0 bridgehead atoms. The molecule has 1 aliphatic carbocycles. The highest BCUT2D eigenvalue weighted by Crippen LogP contribution is 2.47. The molecule has 32 heavy (non-hydrogen) atoms. The molecule has 0 aromatic heterocycles. The van der Waals surface area contributed by atoms with Crippen LogP contribution in [-0.4, -0.2) is 43.5 Å². The lowest BCUT2D eigenvalue weighted by molar-refractivity contribution is 0.0896. The average Bonchev–Trinajstić information content (AvgIpc) is 3.06. The van der Waals surface area contributed by atoms with Crippen LogP contribution in [0, 0.1) is 0 Å². The Morgan fingerprint density at radius 3 is 2.56 bits per heavy atom. The number of carbonyl (C=O) groups excluding carboxylic acids is 1. The predicted octanol–water partition coefficient (Wildman–Crippen LogP) is 4.33. The van der Waals surface area contributed by atoms with Crippen molar-refractivity contribution in [2.45, 2.75) is 57.4 Å². The number of piperidine rings is 1. The zero-order valence-corrected chi connectivity index (χ0v) is 20.3. The van der Waals surface area contributed by atoms with Crippen molar-refractivity contribution in [3.05, 3.63) is 69.7 Å². The van der Waals surface area contributed by atoms with Crippen LogP contribution in [0.3, 0.4) is 0 Å². The number of amides is 1. The number of aryl methyl sites for hydroxylation is 1. The Hall–Kier alpha value is -1.89. The van der Waals surface area contributed by atoms with Gasteiger partial charge in [0.05, 0.1) is 5.75 Å². The van der Waals surface area contributed by atoms with Gasteiger partial charge in [0.2, 0.25) is 10.0 Å². The van der Waals surface area contributed by atoms with E-state index in [0.29, 0.717) is 42.9 Å². The fraction of sp³-hybridized carbons (Fsp3) is 0.480. The van der Waals surface area contributed by atoms with Gasteiger partial charge in [-0.2, -0.15) is 0 Å². The van der Waals surface area contributed by atoms with E-state index in [9.17, 15) is 13.2 Å². The van der Waals surface area contributed by atoms with E-state index in [1.54, 1.807) is 16.4 Å². The molecule has 1 N–H and O–H groups in total. The van der Waals surface area contributed by atoms with Gasteiger partial charge in [-0.3, -0.25) is 4.79 Å². The molecule has 2 aromatic rings. The van der Waals surface area contributed by atoms with E-state index < -0.39 is 10.0 Å². The number of hydrogen-bond acceptors (Lipinski definition) is 3. The molecule has 2 aromatic carbocycles. The maximum Gasteiger partial charge on any atom is 0.251 e. The van der Waals surface area contributed by atoms with Crippen LogP contribution in [0.5, 0.6) is 0 Å². The van der Waals surface area contributed by atoms with Crippen LogP contribution in [0.15, 0.2) is 42.5 Å². The second kappa shape index (κ2) is 9.16. The van der Waals surface area contributed by atoms with Gasteiger partial charge >= 0.3 is 0 Å². The highest BCUT2D eigenvalue weighted by Gasteiger charge is 2.50. The Bertz CT molecular complexity index is 1110. The summed E-state index contributed by atoms with van der Waals surface area (Å²) in [7, 11) is -3.22. The van der Waals surface area contributed by atoms with Gasteiger partial charge in [0, 0.05) is 35.1 Å². The number of hydrogen-bond donors (Lipinski definition) is 1. The number of rotatable bonds is 6. The molecule has 4 rings (SSSR count). The molecule has 0 saturated carbocycles. The second-order valence-electron chi connectivity index (χ2n) is 8.91. The third kappa shape index (κ3) is 4.20. The first-order chi connectivity index (χ1) is 15.3. The van der Waals surface area contributed by atoms with Gasteiger partial charge in [0.25, 0.3) is 5.91 Å². The van der Waals surface area contributed by atoms with Crippen LogP contribution >= 0.6 is 11.6 Å². The summed E-state index contributed by atoms with van der Waals surface area (Å²) in [4.78, 5) is 13.3. The largest absolute Gasteiger partial charge is 0.348 e. The maximum absolute atomic E-state index is 13.3. The molecule has 1 saturated heterocycles. The van der Waals surface area contributed by atoms with E-state index in [4.69, 9.17) is 11.6 Å². The van der Waals surface area contributed by atoms with Crippen molar-refractivity contribution in [1.29, 1.82) is 0 Å². The first kappa shape index (κ1) is 23.3. The molecule has 1 aliphatic heterocycles. The van der Waals surface area contributed by atoms with Crippen molar-refractivity contribution in [2.24, 2.45) is 0 Å². The van der Waals surface area contributed by atoms with E-state index in [1.807, 2.05) is 32.0 Å². The number of halogens is 1. The van der Waals surface area contributed by atoms with E-state index in [-0.39, 0.29) is 23.1 Å². The molecular weight excluding hydrogens is 444 g/mol. The summed E-state index contributed by atoms with van der Waals surface area (Å²) in [6, 6.07) is 13.7. The number of fused-ring (bicyclic) bond motifs is 2. The highest BCUT2D eigenvalue weighted by molar-refractivity contribution is 7.89. The topological polar surface area (TPSA) is 66.5 Å². The minimum Gasteiger partial charge on any atom is -0.348 e. The van der Waals surface area contributed by atoms with Crippen LogP contribution in [-0.2, 0) is 28.3 Å². The van der Waals surface area contributed by atoms with E-state index >= 15 is 0 Å². The van der Waals surface area contributed by atoms with Gasteiger partial charge in [-0.05, 0) is 67.0 Å². The van der Waals surface area contributed by atoms with Crippen LogP contribution < -0.4 is 5.32 Å². The minimum absolute atomic E-state index is 0.0659. The summed E-state index contributed by atoms with van der Waals surface area (Å²) in [5, 5.41) is 3.95. The lowest BCUT2D eigenvalue weighted by atomic mass is 9.71. The number of benzene rings is 2. The third-order valence-corrected chi connectivity index (χ3v) is 9.42. The normalized spacial score (nSPS) is 20.3. The first-order valence-corrected chi connectivity index (χ1v) is 13.4. The monoisotopic (exact) mass is 474 g/mol. The molecule has 1 amide bonds. The molecule has 1 heterocycles. The molecule has 1 atom stereocenters. The summed E-state index contributed by atoms with van der Waals surface area (Å²) >= 11 is 6.14. The number of sulfonamides is 1. The zero-order chi connectivity index (χ0) is 22.9. The lowest BCUT2D eigenvalue weighted by Gasteiger charge is -2.43. The SMILES string of the molecule is CCCS(=O)(=O)N1CCC2(CC1)c1ccccc1CC2NC(=O)c1ccc(Cl)cc1CC. The molecular formula is C25H31ClN2O3S. The Morgan fingerprint density at radius 2 is 1.88 bits per heavy atom. The van der Waals surface area contributed by atoms with Crippen molar-refractivity contribution < 1.29 is 13.2 Å². The fourth-order valence-electron chi connectivity index (χ4n) is 5.46. The Kier molecular flexibility index (Phi) is 6.66. The standard InChI is InChI=1S/C25H31ClN2O3S/c1-3-15-32(30,31)28-13-11-25(12-14-28)22-8-6-5-7-19(22)17-23(25)27-24(29)21-10-9-20(26)16-18(21)4-2/h5-10,16,23H,3-4,11-15,17H2,1-2H3,(H,27,29). The molecule has 1 fully saturated rings. The van der Waals surface area contributed by atoms with Crippen molar-refractivity contribution in [2.75, 3.05) is 18.8 Å². The van der Waals surface area contributed by atoms with Gasteiger partial charge < -0.3 is 5.32 Å². The molecule has 2 aliphatic rings. The average molecular weight is 475 g/mol. The Balaban J connectivity index is 1.61. The van der Waals surface area contributed by atoms with Crippen molar-refractivity contribution in [3.63, 3.8) is 0 Å². The third-order valence-electron chi connectivity index (χ3n) is 7.11. The molecule has 5 nitrogen and oxygen atoms in total. The summed E-state index contributed by atoms with van der Waals surface area (Å²) in [5.41, 5.74) is 3.84. The Labute approximate surface area is 196 Å². The summed E-state index contributed by atoms with van der Waals surface area (Å²) in [5.74, 6) is 0.101. The summed E-state index contributed by atoms with van der Waals surface area (Å²) in [6.45, 7) is 4.89. The summed E-state index contributed by atoms with van der Waals surface area (Å²) in [6.07, 6.45) is 3.52. The van der Waals surface area contributed by atoms with E-state index in [2.05, 4.69) is 17.4 Å². The minimum atomic E-state index is -3.22. The lowest BCUT2D eigenvalue weighted by Crippen LogP contribution is -2.54. The quantitative estimate of drug-likeness (QED) is 0.677. The van der Waals surface area contributed by atoms with Crippen molar-refractivity contribution in [1.82, 2.24) is 9.62 Å². The number of carbonyl (C=O) groups is 1. The maximum atomic E-state index is 13.3. The van der Waals surface area contributed by atoms with E-state index in [0.717, 1.165) is 18.4 Å². The molecule has 0 radical (unpaired) electrons. The Morgan fingerprint density at radius 1 is 1.16 bits per heavy atom. The fourth-order valence-corrected chi connectivity index (χ4v) is 7.16. The second-order valence-corrected chi connectivity index (χ2v) is 11.4.